The van der Waals surface area contributed by atoms with E-state index < -0.39 is 0 Å². The third-order valence-corrected chi connectivity index (χ3v) is 5.54. The van der Waals surface area contributed by atoms with Crippen LogP contribution in [0.3, 0.4) is 0 Å². The molecule has 5 nitrogen and oxygen atoms in total. The van der Waals surface area contributed by atoms with E-state index >= 15 is 0 Å². The van der Waals surface area contributed by atoms with Gasteiger partial charge in [0.25, 0.3) is 5.91 Å². The summed E-state index contributed by atoms with van der Waals surface area (Å²) in [6.45, 7) is 0.114. The van der Waals surface area contributed by atoms with E-state index in [1.165, 1.54) is 6.42 Å². The Hall–Kier alpha value is -2.05. The minimum Gasteiger partial charge on any atom is -0.376 e. The number of nitrogens with one attached hydrogen (secondary N) is 3. The van der Waals surface area contributed by atoms with Crippen LogP contribution in [0.2, 0.25) is 5.02 Å². The van der Waals surface area contributed by atoms with E-state index in [4.69, 9.17) is 11.6 Å². The fourth-order valence-electron chi connectivity index (χ4n) is 3.27. The predicted octanol–water partition coefficient (Wildman–Crippen LogP) is 5.22. The SMILES string of the molecule is O=C(CNc1cccc(Br)c1)Nc1ccc(Cl)c(C(=O)NC2CCCCC2)c1. The fourth-order valence-corrected chi connectivity index (χ4v) is 3.88. The van der Waals surface area contributed by atoms with Crippen LogP contribution in [0.15, 0.2) is 46.9 Å². The molecule has 1 aliphatic carbocycles. The van der Waals surface area contributed by atoms with Crippen LogP contribution in [0.25, 0.3) is 0 Å². The summed E-state index contributed by atoms with van der Waals surface area (Å²) in [7, 11) is 0. The highest BCUT2D eigenvalue weighted by molar-refractivity contribution is 9.10. The number of carbonyl (C=O) groups excluding carboxylic acids is 2. The van der Waals surface area contributed by atoms with Crippen LogP contribution in [0.5, 0.6) is 0 Å². The first kappa shape index (κ1) is 20.7. The molecule has 0 spiro atoms. The van der Waals surface area contributed by atoms with E-state index in [1.54, 1.807) is 18.2 Å². The standard InChI is InChI=1S/C21H23BrClN3O2/c22-14-5-4-8-16(11-14)24-13-20(27)25-17-9-10-19(23)18(12-17)21(28)26-15-6-2-1-3-7-15/h4-5,8-12,15,24H,1-3,6-7,13H2,(H,25,27)(H,26,28). The molecular weight excluding hydrogens is 442 g/mol. The largest absolute Gasteiger partial charge is 0.376 e. The molecule has 1 aliphatic rings. The van der Waals surface area contributed by atoms with Crippen molar-refractivity contribution < 1.29 is 9.59 Å². The molecule has 2 aromatic carbocycles. The Balaban J connectivity index is 1.58. The van der Waals surface area contributed by atoms with Crippen molar-refractivity contribution in [2.24, 2.45) is 0 Å². The van der Waals surface area contributed by atoms with Crippen LogP contribution in [-0.4, -0.2) is 24.4 Å². The minimum atomic E-state index is -0.207. The summed E-state index contributed by atoms with van der Waals surface area (Å²) in [4.78, 5) is 24.8. The van der Waals surface area contributed by atoms with Crippen molar-refractivity contribution in [3.05, 3.63) is 57.5 Å². The van der Waals surface area contributed by atoms with Gasteiger partial charge in [0.2, 0.25) is 5.91 Å². The van der Waals surface area contributed by atoms with Gasteiger partial charge in [-0.05, 0) is 49.2 Å². The molecule has 2 aromatic rings. The summed E-state index contributed by atoms with van der Waals surface area (Å²) in [6, 6.07) is 12.7. The van der Waals surface area contributed by atoms with Gasteiger partial charge in [0, 0.05) is 21.9 Å². The highest BCUT2D eigenvalue weighted by Crippen LogP contribution is 2.23. The predicted molar refractivity (Wildman–Crippen MR) is 117 cm³/mol. The molecule has 0 aliphatic heterocycles. The van der Waals surface area contributed by atoms with Crippen molar-refractivity contribution in [2.45, 2.75) is 38.1 Å². The summed E-state index contributed by atoms with van der Waals surface area (Å²) in [5, 5.41) is 9.29. The number of anilines is 2. The Morgan fingerprint density at radius 2 is 1.82 bits per heavy atom. The lowest BCUT2D eigenvalue weighted by atomic mass is 9.95. The van der Waals surface area contributed by atoms with Gasteiger partial charge >= 0.3 is 0 Å². The van der Waals surface area contributed by atoms with Gasteiger partial charge in [0.05, 0.1) is 17.1 Å². The minimum absolute atomic E-state index is 0.114. The number of hydrogen-bond acceptors (Lipinski definition) is 3. The number of halogens is 2. The van der Waals surface area contributed by atoms with Crippen LogP contribution < -0.4 is 16.0 Å². The second kappa shape index (κ2) is 9.94. The zero-order valence-corrected chi connectivity index (χ0v) is 17.8. The van der Waals surface area contributed by atoms with Gasteiger partial charge < -0.3 is 16.0 Å². The molecule has 3 N–H and O–H groups in total. The second-order valence-corrected chi connectivity index (χ2v) is 8.24. The zero-order valence-electron chi connectivity index (χ0n) is 15.4. The molecule has 148 valence electrons. The molecule has 0 saturated heterocycles. The van der Waals surface area contributed by atoms with Gasteiger partial charge in [-0.1, -0.05) is 52.9 Å². The quantitative estimate of drug-likeness (QED) is 0.549. The van der Waals surface area contributed by atoms with Crippen LogP contribution >= 0.6 is 27.5 Å². The lowest BCUT2D eigenvalue weighted by molar-refractivity contribution is -0.114. The van der Waals surface area contributed by atoms with Crippen LogP contribution in [-0.2, 0) is 4.79 Å². The van der Waals surface area contributed by atoms with Crippen LogP contribution in [0.4, 0.5) is 11.4 Å². The lowest BCUT2D eigenvalue weighted by Crippen LogP contribution is -2.36. The van der Waals surface area contributed by atoms with Crippen molar-refractivity contribution in [1.82, 2.24) is 5.32 Å². The molecule has 0 radical (unpaired) electrons. The maximum absolute atomic E-state index is 12.6. The van der Waals surface area contributed by atoms with E-state index in [9.17, 15) is 9.59 Å². The Labute approximate surface area is 178 Å². The average molecular weight is 465 g/mol. The van der Waals surface area contributed by atoms with Crippen molar-refractivity contribution in [3.8, 4) is 0 Å². The number of rotatable bonds is 6. The Kier molecular flexibility index (Phi) is 7.34. The monoisotopic (exact) mass is 463 g/mol. The lowest BCUT2D eigenvalue weighted by Gasteiger charge is -2.23. The van der Waals surface area contributed by atoms with E-state index in [-0.39, 0.29) is 24.4 Å². The Morgan fingerprint density at radius 3 is 2.57 bits per heavy atom. The first-order valence-corrected chi connectivity index (χ1v) is 10.6. The van der Waals surface area contributed by atoms with Crippen LogP contribution in [0.1, 0.15) is 42.5 Å². The smallest absolute Gasteiger partial charge is 0.253 e. The summed E-state index contributed by atoms with van der Waals surface area (Å²) in [6.07, 6.45) is 5.50. The van der Waals surface area contributed by atoms with Crippen molar-refractivity contribution in [1.29, 1.82) is 0 Å². The Morgan fingerprint density at radius 1 is 1.04 bits per heavy atom. The van der Waals surface area contributed by atoms with E-state index in [2.05, 4.69) is 31.9 Å². The molecule has 0 bridgehead atoms. The van der Waals surface area contributed by atoms with Crippen LogP contribution in [0, 0.1) is 0 Å². The summed E-state index contributed by atoms with van der Waals surface area (Å²) >= 11 is 9.61. The molecule has 1 saturated carbocycles. The van der Waals surface area contributed by atoms with E-state index in [0.29, 0.717) is 16.3 Å². The molecule has 28 heavy (non-hydrogen) atoms. The van der Waals surface area contributed by atoms with Crippen molar-refractivity contribution in [2.75, 3.05) is 17.2 Å². The zero-order chi connectivity index (χ0) is 19.9. The van der Waals surface area contributed by atoms with E-state index in [1.807, 2.05) is 24.3 Å². The van der Waals surface area contributed by atoms with Gasteiger partial charge in [-0.25, -0.2) is 0 Å². The number of amides is 2. The molecule has 0 atom stereocenters. The summed E-state index contributed by atoms with van der Waals surface area (Å²) in [5.74, 6) is -0.402. The first-order valence-electron chi connectivity index (χ1n) is 9.41. The topological polar surface area (TPSA) is 70.2 Å². The van der Waals surface area contributed by atoms with Gasteiger partial charge in [0.1, 0.15) is 0 Å². The normalized spacial score (nSPS) is 14.4. The van der Waals surface area contributed by atoms with Gasteiger partial charge in [-0.2, -0.15) is 0 Å². The molecule has 0 heterocycles. The Bertz CT molecular complexity index is 853. The van der Waals surface area contributed by atoms with Crippen molar-refractivity contribution in [3.63, 3.8) is 0 Å². The molecule has 0 aromatic heterocycles. The number of carbonyl (C=O) groups is 2. The second-order valence-electron chi connectivity index (χ2n) is 6.92. The average Bonchev–Trinajstić information content (AvgIpc) is 2.69. The highest BCUT2D eigenvalue weighted by Gasteiger charge is 2.19. The maximum atomic E-state index is 12.6. The molecular formula is C21H23BrClN3O2. The third kappa shape index (κ3) is 5.97. The van der Waals surface area contributed by atoms with Gasteiger partial charge in [0.15, 0.2) is 0 Å². The molecule has 1 fully saturated rings. The highest BCUT2D eigenvalue weighted by atomic mass is 79.9. The fraction of sp³-hybridized carbons (Fsp3) is 0.333. The van der Waals surface area contributed by atoms with Gasteiger partial charge in [-0.15, -0.1) is 0 Å². The summed E-state index contributed by atoms with van der Waals surface area (Å²) < 4.78 is 0.934. The molecule has 3 rings (SSSR count). The molecule has 7 heteroatoms. The summed E-state index contributed by atoms with van der Waals surface area (Å²) in [5.41, 5.74) is 1.76. The van der Waals surface area contributed by atoms with E-state index in [0.717, 1.165) is 35.8 Å². The first-order chi connectivity index (χ1) is 13.5. The number of benzene rings is 2. The van der Waals surface area contributed by atoms with Crippen molar-refractivity contribution >= 4 is 50.7 Å². The maximum Gasteiger partial charge on any atom is 0.253 e. The number of hydrogen-bond donors (Lipinski definition) is 3. The molecule has 0 unspecified atom stereocenters. The third-order valence-electron chi connectivity index (χ3n) is 4.71. The van der Waals surface area contributed by atoms with Gasteiger partial charge in [-0.3, -0.25) is 9.59 Å². The molecule has 2 amide bonds.